The summed E-state index contributed by atoms with van der Waals surface area (Å²) in [5.41, 5.74) is 1.82. The van der Waals surface area contributed by atoms with Crippen LogP contribution in [-0.4, -0.2) is 21.8 Å². The summed E-state index contributed by atoms with van der Waals surface area (Å²) in [6.45, 7) is -0.0117. The van der Waals surface area contributed by atoms with Crippen molar-refractivity contribution in [1.29, 1.82) is 0 Å². The van der Waals surface area contributed by atoms with Crippen molar-refractivity contribution < 1.29 is 14.0 Å². The van der Waals surface area contributed by atoms with Crippen LogP contribution in [0.3, 0.4) is 0 Å². The Kier molecular flexibility index (Phi) is 3.77. The summed E-state index contributed by atoms with van der Waals surface area (Å²) in [4.78, 5) is 31.2. The molecule has 28 heavy (non-hydrogen) atoms. The number of aryl methyl sites for hydroxylation is 1. The van der Waals surface area contributed by atoms with Crippen molar-refractivity contribution in [2.75, 3.05) is 0 Å². The zero-order valence-corrected chi connectivity index (χ0v) is 15.6. The second-order valence-electron chi connectivity index (χ2n) is 7.01. The number of hydrogen-bond donors (Lipinski definition) is 1. The van der Waals surface area contributed by atoms with E-state index in [2.05, 4.69) is 10.3 Å². The third kappa shape index (κ3) is 2.52. The van der Waals surface area contributed by atoms with Gasteiger partial charge < -0.3 is 9.73 Å². The minimum absolute atomic E-state index is 0.0117. The highest BCUT2D eigenvalue weighted by Crippen LogP contribution is 2.41. The molecule has 1 aliphatic carbocycles. The van der Waals surface area contributed by atoms with Crippen molar-refractivity contribution >= 4 is 23.5 Å². The van der Waals surface area contributed by atoms with E-state index in [1.54, 1.807) is 18.3 Å². The molecule has 2 heterocycles. The predicted molar refractivity (Wildman–Crippen MR) is 102 cm³/mol. The van der Waals surface area contributed by atoms with Gasteiger partial charge in [-0.2, -0.15) is 0 Å². The molecule has 5 rings (SSSR count). The van der Waals surface area contributed by atoms with Crippen LogP contribution in [0.4, 0.5) is 4.79 Å². The Morgan fingerprint density at radius 3 is 2.75 bits per heavy atom. The van der Waals surface area contributed by atoms with Crippen molar-refractivity contribution in [2.24, 2.45) is 0 Å². The number of amides is 3. The second-order valence-corrected chi connectivity index (χ2v) is 7.45. The van der Waals surface area contributed by atoms with Crippen molar-refractivity contribution in [2.45, 2.75) is 24.9 Å². The quantitative estimate of drug-likeness (QED) is 0.685. The summed E-state index contributed by atoms with van der Waals surface area (Å²) in [6.07, 6.45) is 2.91. The average Bonchev–Trinajstić information content (AvgIpc) is 3.37. The fourth-order valence-corrected chi connectivity index (χ4v) is 4.13. The van der Waals surface area contributed by atoms with E-state index in [1.165, 1.54) is 4.90 Å². The van der Waals surface area contributed by atoms with Crippen LogP contribution in [0.2, 0.25) is 5.02 Å². The fraction of sp³-hybridized carbons (Fsp3) is 0.190. The molecule has 3 aromatic rings. The maximum Gasteiger partial charge on any atom is 0.325 e. The van der Waals surface area contributed by atoms with Gasteiger partial charge >= 0.3 is 6.03 Å². The van der Waals surface area contributed by atoms with Gasteiger partial charge in [-0.3, -0.25) is 9.69 Å². The highest BCUT2D eigenvalue weighted by Gasteiger charge is 2.55. The molecule has 6 nitrogen and oxygen atoms in total. The highest BCUT2D eigenvalue weighted by molar-refractivity contribution is 6.30. The molecule has 140 valence electrons. The summed E-state index contributed by atoms with van der Waals surface area (Å²) in [5, 5.41) is 3.53. The number of nitrogens with zero attached hydrogens (tertiary/aromatic N) is 2. The van der Waals surface area contributed by atoms with E-state index in [-0.39, 0.29) is 12.5 Å². The first-order valence-electron chi connectivity index (χ1n) is 9.00. The van der Waals surface area contributed by atoms with Crippen LogP contribution in [0.5, 0.6) is 0 Å². The zero-order valence-electron chi connectivity index (χ0n) is 14.8. The van der Waals surface area contributed by atoms with Gasteiger partial charge in [-0.25, -0.2) is 9.78 Å². The minimum Gasteiger partial charge on any atom is -0.439 e. The van der Waals surface area contributed by atoms with Crippen LogP contribution in [0, 0.1) is 0 Å². The molecule has 0 radical (unpaired) electrons. The fourth-order valence-electron chi connectivity index (χ4n) is 4.00. The van der Waals surface area contributed by atoms with Gasteiger partial charge in [0.25, 0.3) is 5.91 Å². The number of hydrogen-bond acceptors (Lipinski definition) is 4. The molecule has 0 saturated carbocycles. The molecule has 0 bridgehead atoms. The van der Waals surface area contributed by atoms with E-state index in [0.717, 1.165) is 23.1 Å². The predicted octanol–water partition coefficient (Wildman–Crippen LogP) is 3.89. The van der Waals surface area contributed by atoms with E-state index < -0.39 is 11.6 Å². The molecular weight excluding hydrogens is 378 g/mol. The molecule has 1 saturated heterocycles. The van der Waals surface area contributed by atoms with E-state index in [9.17, 15) is 9.59 Å². The molecule has 1 fully saturated rings. The Bertz CT molecular complexity index is 1090. The zero-order chi connectivity index (χ0) is 19.3. The Balaban J connectivity index is 1.40. The number of imide groups is 1. The lowest BCUT2D eigenvalue weighted by atomic mass is 9.92. The van der Waals surface area contributed by atoms with E-state index in [1.807, 2.05) is 36.4 Å². The highest BCUT2D eigenvalue weighted by atomic mass is 35.5. The third-order valence-electron chi connectivity index (χ3n) is 5.40. The number of rotatable bonds is 3. The largest absolute Gasteiger partial charge is 0.439 e. The molecule has 2 aromatic carbocycles. The van der Waals surface area contributed by atoms with Gasteiger partial charge in [0.15, 0.2) is 5.76 Å². The molecule has 7 heteroatoms. The molecule has 1 unspecified atom stereocenters. The molecule has 1 atom stereocenters. The minimum atomic E-state index is -0.973. The Morgan fingerprint density at radius 2 is 1.93 bits per heavy atom. The lowest BCUT2D eigenvalue weighted by Gasteiger charge is -2.22. The number of fused-ring (bicyclic) bond motifs is 2. The lowest BCUT2D eigenvalue weighted by Crippen LogP contribution is -2.41. The normalized spacial score (nSPS) is 20.7. The molecule has 1 aromatic heterocycles. The molecule has 3 amide bonds. The van der Waals surface area contributed by atoms with Gasteiger partial charge in [0.05, 0.1) is 6.20 Å². The average molecular weight is 394 g/mol. The maximum atomic E-state index is 13.2. The monoisotopic (exact) mass is 393 g/mol. The molecule has 2 aliphatic rings. The lowest BCUT2D eigenvalue weighted by molar-refractivity contribution is -0.132. The maximum absolute atomic E-state index is 13.2. The van der Waals surface area contributed by atoms with Crippen LogP contribution >= 0.6 is 11.6 Å². The van der Waals surface area contributed by atoms with Crippen LogP contribution in [-0.2, 0) is 23.3 Å². The summed E-state index contributed by atoms with van der Waals surface area (Å²) < 4.78 is 5.76. The first kappa shape index (κ1) is 17.0. The summed E-state index contributed by atoms with van der Waals surface area (Å²) in [7, 11) is 0. The molecule has 1 spiro atoms. The van der Waals surface area contributed by atoms with Crippen molar-refractivity contribution in [1.82, 2.24) is 15.2 Å². The van der Waals surface area contributed by atoms with Crippen LogP contribution in [0.25, 0.3) is 11.3 Å². The van der Waals surface area contributed by atoms with Gasteiger partial charge in [0.1, 0.15) is 12.1 Å². The van der Waals surface area contributed by atoms with Gasteiger partial charge in [-0.1, -0.05) is 35.9 Å². The van der Waals surface area contributed by atoms with Crippen molar-refractivity contribution in [3.63, 3.8) is 0 Å². The molecular formula is C21H16ClN3O3. The Morgan fingerprint density at radius 1 is 1.14 bits per heavy atom. The van der Waals surface area contributed by atoms with Gasteiger partial charge in [0, 0.05) is 10.6 Å². The topological polar surface area (TPSA) is 75.4 Å². The molecule has 1 N–H and O–H groups in total. The SMILES string of the molecule is O=C1NC2(CCc3ccccc32)C(=O)N1Cc1ncc(-c2ccc(Cl)cc2)o1. The summed E-state index contributed by atoms with van der Waals surface area (Å²) in [6, 6.07) is 14.5. The number of oxazole rings is 1. The van der Waals surface area contributed by atoms with E-state index in [4.69, 9.17) is 16.0 Å². The Hall–Kier alpha value is -3.12. The van der Waals surface area contributed by atoms with Gasteiger partial charge in [0.2, 0.25) is 5.89 Å². The van der Waals surface area contributed by atoms with Gasteiger partial charge in [-0.05, 0) is 48.2 Å². The first-order valence-corrected chi connectivity index (χ1v) is 9.38. The number of halogens is 1. The Labute approximate surface area is 166 Å². The standard InChI is InChI=1S/C21H16ClN3O3/c22-15-7-5-14(6-8-15)17-11-23-18(28-17)12-25-19(26)21(24-20(25)27)10-9-13-3-1-2-4-16(13)21/h1-8,11H,9-10,12H2,(H,24,27). The number of aromatic nitrogens is 1. The van der Waals surface area contributed by atoms with E-state index >= 15 is 0 Å². The van der Waals surface area contributed by atoms with Crippen LogP contribution < -0.4 is 5.32 Å². The van der Waals surface area contributed by atoms with Crippen LogP contribution in [0.15, 0.2) is 59.1 Å². The number of carbonyl (C=O) groups is 2. The summed E-state index contributed by atoms with van der Waals surface area (Å²) >= 11 is 5.91. The van der Waals surface area contributed by atoms with Crippen molar-refractivity contribution in [3.8, 4) is 11.3 Å². The van der Waals surface area contributed by atoms with Gasteiger partial charge in [-0.15, -0.1) is 0 Å². The number of carbonyl (C=O) groups excluding carboxylic acids is 2. The third-order valence-corrected chi connectivity index (χ3v) is 5.65. The number of urea groups is 1. The second kappa shape index (κ2) is 6.21. The van der Waals surface area contributed by atoms with Crippen LogP contribution in [0.1, 0.15) is 23.4 Å². The van der Waals surface area contributed by atoms with Crippen molar-refractivity contribution in [3.05, 3.63) is 76.8 Å². The smallest absolute Gasteiger partial charge is 0.325 e. The number of benzene rings is 2. The van der Waals surface area contributed by atoms with E-state index in [0.29, 0.717) is 23.1 Å². The number of nitrogens with one attached hydrogen (secondary N) is 1. The molecule has 1 aliphatic heterocycles. The summed E-state index contributed by atoms with van der Waals surface area (Å²) in [5.74, 6) is 0.602. The first-order chi connectivity index (χ1) is 13.6.